The van der Waals surface area contributed by atoms with E-state index in [1.165, 1.54) is 6.07 Å². The Hall–Kier alpha value is -1.79. The van der Waals surface area contributed by atoms with Gasteiger partial charge >= 0.3 is 0 Å². The van der Waals surface area contributed by atoms with Gasteiger partial charge in [-0.15, -0.1) is 0 Å². The van der Waals surface area contributed by atoms with E-state index in [4.69, 9.17) is 10.3 Å². The van der Waals surface area contributed by atoms with Crippen molar-refractivity contribution in [2.24, 2.45) is 0 Å². The summed E-state index contributed by atoms with van der Waals surface area (Å²) in [4.78, 5) is -0.504. The number of anilines is 1. The highest BCUT2D eigenvalue weighted by atomic mass is 32.2. The van der Waals surface area contributed by atoms with Crippen LogP contribution < -0.4 is 5.73 Å². The van der Waals surface area contributed by atoms with Crippen LogP contribution in [-0.2, 0) is 10.1 Å². The highest BCUT2D eigenvalue weighted by Crippen LogP contribution is 2.31. The number of rotatable bonds is 1. The number of nitrogens with two attached hydrogens (primary N) is 1. The normalized spacial score (nSPS) is 11.8. The third kappa shape index (κ3) is 1.68. The van der Waals surface area contributed by atoms with Crippen LogP contribution in [0.4, 0.5) is 5.69 Å². The van der Waals surface area contributed by atoms with Crippen LogP contribution in [-0.4, -0.2) is 18.1 Å². The van der Waals surface area contributed by atoms with Crippen molar-refractivity contribution in [3.05, 3.63) is 30.3 Å². The van der Waals surface area contributed by atoms with Crippen molar-refractivity contribution in [1.29, 1.82) is 0 Å². The van der Waals surface area contributed by atoms with Crippen LogP contribution in [0.1, 0.15) is 0 Å². The summed E-state index contributed by atoms with van der Waals surface area (Å²) in [6.07, 6.45) is 0. The first-order chi connectivity index (χ1) is 7.39. The topological polar surface area (TPSA) is 101 Å². The van der Waals surface area contributed by atoms with Gasteiger partial charge in [0, 0.05) is 16.5 Å². The largest absolute Gasteiger partial charge is 0.507 e. The van der Waals surface area contributed by atoms with Crippen LogP contribution in [0.25, 0.3) is 10.8 Å². The van der Waals surface area contributed by atoms with Gasteiger partial charge in [-0.1, -0.05) is 12.1 Å². The number of hydrogen-bond acceptors (Lipinski definition) is 4. The molecule has 0 fully saturated rings. The fourth-order valence-corrected chi connectivity index (χ4v) is 1.93. The number of aromatic hydroxyl groups is 1. The summed E-state index contributed by atoms with van der Waals surface area (Å²) in [5, 5.41) is 10.3. The fraction of sp³-hybridized carbons (Fsp3) is 0. The van der Waals surface area contributed by atoms with Gasteiger partial charge in [0.15, 0.2) is 0 Å². The van der Waals surface area contributed by atoms with Crippen molar-refractivity contribution in [1.82, 2.24) is 0 Å². The monoisotopic (exact) mass is 238 g/mol. The van der Waals surface area contributed by atoms with Crippen LogP contribution in [0.15, 0.2) is 29.2 Å². The molecule has 0 atom stereocenters. The summed E-state index contributed by atoms with van der Waals surface area (Å²) in [5.41, 5.74) is 5.95. The van der Waals surface area contributed by atoms with Gasteiger partial charge in [0.1, 0.15) is 10.6 Å². The van der Waals surface area contributed by atoms with Crippen molar-refractivity contribution in [3.63, 3.8) is 0 Å². The molecule has 4 N–H and O–H groups in total. The van der Waals surface area contributed by atoms with E-state index in [1.54, 1.807) is 18.2 Å². The number of hydrogen-bond donors (Lipinski definition) is 3. The molecule has 0 aliphatic carbocycles. The van der Waals surface area contributed by atoms with Gasteiger partial charge in [-0.05, 0) is 12.1 Å². The summed E-state index contributed by atoms with van der Waals surface area (Å²) < 4.78 is 30.7. The van der Waals surface area contributed by atoms with Crippen molar-refractivity contribution in [3.8, 4) is 5.75 Å². The molecular weight excluding hydrogens is 230 g/mol. The Morgan fingerprint density at radius 1 is 1.25 bits per heavy atom. The van der Waals surface area contributed by atoms with E-state index in [1.807, 2.05) is 0 Å². The highest BCUT2D eigenvalue weighted by molar-refractivity contribution is 7.85. The van der Waals surface area contributed by atoms with E-state index >= 15 is 0 Å². The molecule has 6 heteroatoms. The van der Waals surface area contributed by atoms with Crippen molar-refractivity contribution < 1.29 is 18.1 Å². The number of fused-ring (bicyclic) bond motifs is 1. The first-order valence-electron chi connectivity index (χ1n) is 4.30. The quantitative estimate of drug-likeness (QED) is 0.511. The standard InChI is InChI=1S/C10H8NO4S/c11-9-3-1-2-7-8(9)4-6(5-10(7)12)16(13,14)15/h1-4,12H,11H2,(H,13,14,15). The van der Waals surface area contributed by atoms with Crippen molar-refractivity contribution in [2.75, 3.05) is 5.73 Å². The molecule has 0 saturated carbocycles. The van der Waals surface area contributed by atoms with E-state index in [2.05, 4.69) is 6.07 Å². The average Bonchev–Trinajstić information content (AvgIpc) is 2.18. The Balaban J connectivity index is 2.91. The van der Waals surface area contributed by atoms with E-state index < -0.39 is 15.0 Å². The average molecular weight is 238 g/mol. The lowest BCUT2D eigenvalue weighted by Crippen LogP contribution is -1.99. The second-order valence-electron chi connectivity index (χ2n) is 3.27. The fourth-order valence-electron chi connectivity index (χ4n) is 1.44. The Bertz CT molecular complexity index is 664. The van der Waals surface area contributed by atoms with Crippen LogP contribution >= 0.6 is 0 Å². The zero-order chi connectivity index (χ0) is 11.9. The van der Waals surface area contributed by atoms with Gasteiger partial charge in [0.05, 0.1) is 6.07 Å². The summed E-state index contributed by atoms with van der Waals surface area (Å²) in [7, 11) is -4.40. The Morgan fingerprint density at radius 2 is 1.94 bits per heavy atom. The molecule has 0 spiro atoms. The minimum Gasteiger partial charge on any atom is -0.507 e. The number of benzene rings is 2. The second-order valence-corrected chi connectivity index (χ2v) is 4.66. The molecule has 83 valence electrons. The summed E-state index contributed by atoms with van der Waals surface area (Å²) in [6.45, 7) is 0. The molecule has 0 amide bonds. The maximum Gasteiger partial charge on any atom is 0.295 e. The minimum atomic E-state index is -4.40. The molecule has 5 nitrogen and oxygen atoms in total. The molecule has 1 radical (unpaired) electrons. The molecule has 0 bridgehead atoms. The molecule has 0 heterocycles. The van der Waals surface area contributed by atoms with Gasteiger partial charge in [0.2, 0.25) is 0 Å². The Labute approximate surface area is 91.9 Å². The van der Waals surface area contributed by atoms with Gasteiger partial charge in [0.25, 0.3) is 10.1 Å². The summed E-state index contributed by atoms with van der Waals surface area (Å²) in [6, 6.07) is 8.11. The summed E-state index contributed by atoms with van der Waals surface area (Å²) in [5.74, 6) is -0.363. The molecule has 0 saturated heterocycles. The van der Waals surface area contributed by atoms with E-state index in [0.717, 1.165) is 0 Å². The van der Waals surface area contributed by atoms with Gasteiger partial charge in [-0.25, -0.2) is 0 Å². The third-order valence-electron chi connectivity index (χ3n) is 2.19. The van der Waals surface area contributed by atoms with Crippen LogP contribution in [0.2, 0.25) is 0 Å². The maximum absolute atomic E-state index is 10.9. The van der Waals surface area contributed by atoms with Crippen molar-refractivity contribution in [2.45, 2.75) is 4.90 Å². The van der Waals surface area contributed by atoms with Gasteiger partial charge in [-0.3, -0.25) is 4.55 Å². The Morgan fingerprint density at radius 3 is 2.56 bits per heavy atom. The first-order valence-corrected chi connectivity index (χ1v) is 5.74. The Kier molecular flexibility index (Phi) is 2.25. The maximum atomic E-state index is 10.9. The SMILES string of the molecule is Nc1cccc2c(O)[c]c(S(=O)(=O)O)cc12. The minimum absolute atomic E-state index is 0.312. The number of phenolic OH excluding ortho intramolecular Hbond substituents is 1. The highest BCUT2D eigenvalue weighted by Gasteiger charge is 2.14. The van der Waals surface area contributed by atoms with Crippen LogP contribution in [0.5, 0.6) is 5.75 Å². The summed E-state index contributed by atoms with van der Waals surface area (Å²) >= 11 is 0. The zero-order valence-corrected chi connectivity index (χ0v) is 8.82. The first kappa shape index (κ1) is 10.7. The predicted octanol–water partition coefficient (Wildman–Crippen LogP) is 1.17. The lowest BCUT2D eigenvalue weighted by molar-refractivity contribution is 0.469. The van der Waals surface area contributed by atoms with E-state index in [9.17, 15) is 13.5 Å². The molecule has 0 unspecified atom stereocenters. The zero-order valence-electron chi connectivity index (χ0n) is 8.01. The van der Waals surface area contributed by atoms with Crippen LogP contribution in [0.3, 0.4) is 0 Å². The number of nitrogen functional groups attached to an aromatic ring is 1. The lowest BCUT2D eigenvalue weighted by atomic mass is 10.1. The molecule has 0 aliphatic rings. The second kappa shape index (κ2) is 3.36. The molecule has 2 aromatic rings. The number of phenols is 1. The lowest BCUT2D eigenvalue weighted by Gasteiger charge is -2.05. The van der Waals surface area contributed by atoms with Crippen molar-refractivity contribution >= 4 is 26.6 Å². The molecule has 0 aromatic heterocycles. The van der Waals surface area contributed by atoms with E-state index in [0.29, 0.717) is 16.5 Å². The predicted molar refractivity (Wildman–Crippen MR) is 58.7 cm³/mol. The molecule has 2 aromatic carbocycles. The molecule has 0 aliphatic heterocycles. The molecule has 2 rings (SSSR count). The molecular formula is C10H8NO4S. The third-order valence-corrected chi connectivity index (χ3v) is 2.97. The van der Waals surface area contributed by atoms with Crippen LogP contribution in [0, 0.1) is 6.07 Å². The molecule has 16 heavy (non-hydrogen) atoms. The van der Waals surface area contributed by atoms with Gasteiger partial charge in [-0.2, -0.15) is 8.42 Å². The van der Waals surface area contributed by atoms with Gasteiger partial charge < -0.3 is 10.8 Å². The smallest absolute Gasteiger partial charge is 0.295 e. The van der Waals surface area contributed by atoms with E-state index in [-0.39, 0.29) is 5.75 Å².